The van der Waals surface area contributed by atoms with Crippen molar-refractivity contribution in [3.63, 3.8) is 0 Å². The molecule has 0 saturated heterocycles. The molecule has 0 fully saturated rings. The number of para-hydroxylation sites is 4. The Morgan fingerprint density at radius 1 is 0.420 bits per heavy atom. The molecular formula is C63H40N4O2. The van der Waals surface area contributed by atoms with E-state index in [1.165, 1.54) is 5.56 Å². The maximum atomic E-state index is 6.49. The summed E-state index contributed by atoms with van der Waals surface area (Å²) in [5.74, 6) is 1.69. The van der Waals surface area contributed by atoms with Crippen LogP contribution >= 0.6 is 0 Å². The lowest BCUT2D eigenvalue weighted by Gasteiger charge is -2.15. The lowest BCUT2D eigenvalue weighted by molar-refractivity contribution is 0.669. The number of allylic oxidation sites excluding steroid dienone is 9. The van der Waals surface area contributed by atoms with Crippen molar-refractivity contribution >= 4 is 77.3 Å². The van der Waals surface area contributed by atoms with E-state index in [9.17, 15) is 0 Å². The van der Waals surface area contributed by atoms with Crippen LogP contribution in [0.25, 0.3) is 128 Å². The van der Waals surface area contributed by atoms with Gasteiger partial charge in [-0.1, -0.05) is 182 Å². The molecule has 0 radical (unpaired) electrons. The SMILES string of the molecule is C1=CCC=CC(c2nc(-c3ccc4c(c3)oc3ccccc34)nc(-n3c4c(-c5cccc(-c6cccc(-c7cccc8c7oc7ccccc78)c6)c5)cccc4c4ccc5c(c43)C=CC=CC5)n2)=C1. The predicted molar refractivity (Wildman–Crippen MR) is 283 cm³/mol. The van der Waals surface area contributed by atoms with E-state index >= 15 is 0 Å². The van der Waals surface area contributed by atoms with Crippen molar-refractivity contribution in [2.24, 2.45) is 0 Å². The third-order valence-electron chi connectivity index (χ3n) is 13.7. The predicted octanol–water partition coefficient (Wildman–Crippen LogP) is 16.5. The van der Waals surface area contributed by atoms with Gasteiger partial charge in [-0.2, -0.15) is 9.97 Å². The van der Waals surface area contributed by atoms with E-state index < -0.39 is 0 Å². The van der Waals surface area contributed by atoms with E-state index in [1.807, 2.05) is 30.3 Å². The van der Waals surface area contributed by atoms with Crippen LogP contribution in [0.3, 0.4) is 0 Å². The van der Waals surface area contributed by atoms with Gasteiger partial charge in [0.2, 0.25) is 5.95 Å². The number of hydrogen-bond acceptors (Lipinski definition) is 5. The number of hydrogen-bond donors (Lipinski definition) is 0. The second-order valence-corrected chi connectivity index (χ2v) is 17.8. The largest absolute Gasteiger partial charge is 0.456 e. The van der Waals surface area contributed by atoms with Crippen LogP contribution in [0.1, 0.15) is 23.4 Å². The number of nitrogens with zero attached hydrogens (tertiary/aromatic N) is 4. The van der Waals surface area contributed by atoms with Crippen molar-refractivity contribution in [1.29, 1.82) is 0 Å². The third kappa shape index (κ3) is 6.45. The van der Waals surface area contributed by atoms with E-state index in [-0.39, 0.29) is 0 Å². The smallest absolute Gasteiger partial charge is 0.238 e. The summed E-state index contributed by atoms with van der Waals surface area (Å²) in [4.78, 5) is 16.1. The Morgan fingerprint density at radius 3 is 1.94 bits per heavy atom. The van der Waals surface area contributed by atoms with Crippen LogP contribution in [0.4, 0.5) is 0 Å². The number of rotatable bonds is 6. The number of fused-ring (bicyclic) bond motifs is 11. The van der Waals surface area contributed by atoms with Crippen LogP contribution in [0.5, 0.6) is 0 Å². The lowest BCUT2D eigenvalue weighted by Crippen LogP contribution is -2.09. The van der Waals surface area contributed by atoms with Crippen LogP contribution in [0.15, 0.2) is 221 Å². The minimum atomic E-state index is 0.539. The molecule has 2 aliphatic carbocycles. The molecule has 0 atom stereocenters. The number of aromatic nitrogens is 4. The van der Waals surface area contributed by atoms with Crippen molar-refractivity contribution in [3.8, 4) is 50.7 Å². The molecule has 0 unspecified atom stereocenters. The average molecular weight is 885 g/mol. The summed E-state index contributed by atoms with van der Waals surface area (Å²) in [6.07, 6.45) is 20.9. The summed E-state index contributed by atoms with van der Waals surface area (Å²) < 4.78 is 15.2. The van der Waals surface area contributed by atoms with Crippen LogP contribution in [0.2, 0.25) is 0 Å². The Labute approximate surface area is 396 Å². The molecule has 0 aliphatic heterocycles. The molecule has 6 nitrogen and oxygen atoms in total. The average Bonchev–Trinajstić information content (AvgIpc) is 3.90. The van der Waals surface area contributed by atoms with Gasteiger partial charge in [-0.05, 0) is 77.1 Å². The molecule has 0 bridgehead atoms. The van der Waals surface area contributed by atoms with Crippen molar-refractivity contribution in [2.75, 3.05) is 0 Å². The zero-order chi connectivity index (χ0) is 45.4. The molecule has 0 amide bonds. The third-order valence-corrected chi connectivity index (χ3v) is 13.7. The first-order chi connectivity index (χ1) is 34.2. The van der Waals surface area contributed by atoms with Gasteiger partial charge >= 0.3 is 0 Å². The van der Waals surface area contributed by atoms with Gasteiger partial charge in [0, 0.05) is 60.1 Å². The Kier molecular flexibility index (Phi) is 8.92. The molecular weight excluding hydrogens is 845 g/mol. The highest BCUT2D eigenvalue weighted by Gasteiger charge is 2.24. The molecule has 0 N–H and O–H groups in total. The molecule has 69 heavy (non-hydrogen) atoms. The van der Waals surface area contributed by atoms with E-state index in [4.69, 9.17) is 23.8 Å². The fourth-order valence-electron chi connectivity index (χ4n) is 10.5. The molecule has 0 spiro atoms. The second kappa shape index (κ2) is 15.8. The van der Waals surface area contributed by atoms with Crippen molar-refractivity contribution in [1.82, 2.24) is 19.5 Å². The Bertz CT molecular complexity index is 4260. The van der Waals surface area contributed by atoms with E-state index in [2.05, 4.69) is 193 Å². The van der Waals surface area contributed by atoms with Gasteiger partial charge < -0.3 is 8.83 Å². The summed E-state index contributed by atoms with van der Waals surface area (Å²) in [7, 11) is 0. The van der Waals surface area contributed by atoms with Crippen molar-refractivity contribution in [3.05, 3.63) is 229 Å². The lowest BCUT2D eigenvalue weighted by atomic mass is 9.95. The molecule has 4 heterocycles. The highest BCUT2D eigenvalue weighted by atomic mass is 16.3. The molecule has 6 heteroatoms. The van der Waals surface area contributed by atoms with Gasteiger partial charge in [-0.3, -0.25) is 4.57 Å². The molecule has 14 rings (SSSR count). The fourth-order valence-corrected chi connectivity index (χ4v) is 10.5. The van der Waals surface area contributed by atoms with Gasteiger partial charge in [-0.25, -0.2) is 4.98 Å². The quantitative estimate of drug-likeness (QED) is 0.166. The molecule has 4 aromatic heterocycles. The van der Waals surface area contributed by atoms with E-state index in [0.29, 0.717) is 17.6 Å². The van der Waals surface area contributed by atoms with Gasteiger partial charge in [-0.15, -0.1) is 0 Å². The second-order valence-electron chi connectivity index (χ2n) is 17.8. The molecule has 324 valence electrons. The molecule has 8 aromatic carbocycles. The Balaban J connectivity index is 0.987. The van der Waals surface area contributed by atoms with E-state index in [1.54, 1.807) is 0 Å². The van der Waals surface area contributed by atoms with Gasteiger partial charge in [0.15, 0.2) is 11.6 Å². The normalized spacial score (nSPS) is 13.5. The maximum absolute atomic E-state index is 6.49. The van der Waals surface area contributed by atoms with Crippen LogP contribution in [-0.2, 0) is 6.42 Å². The topological polar surface area (TPSA) is 69.9 Å². The minimum Gasteiger partial charge on any atom is -0.456 e. The van der Waals surface area contributed by atoms with Gasteiger partial charge in [0.25, 0.3) is 0 Å². The Hall–Kier alpha value is -9.13. The first kappa shape index (κ1) is 39.1. The maximum Gasteiger partial charge on any atom is 0.238 e. The van der Waals surface area contributed by atoms with Crippen LogP contribution in [-0.4, -0.2) is 19.5 Å². The zero-order valence-electron chi connectivity index (χ0n) is 37.3. The summed E-state index contributed by atoms with van der Waals surface area (Å²) in [6, 6.07) is 57.9. The Morgan fingerprint density at radius 2 is 1.09 bits per heavy atom. The first-order valence-electron chi connectivity index (χ1n) is 23.5. The standard InChI is InChI=1S/C63H40N4O2/c1-2-5-18-40(17-4-1)61-64-62(45-33-34-51-49-24-8-10-30-55(49)68-57(51)38-45)66-63(65-61)67-58-46-23-7-3-6-16-39(46)32-35-53(58)52-28-14-26-47(59(52)67)43-21-12-19-41(36-43)42-20-13-22-44(37-42)48-27-15-29-54-50-25-9-11-31-56(50)69-60(48)54/h1,3-15,17-38H,2,16H2. The molecule has 0 saturated carbocycles. The zero-order valence-corrected chi connectivity index (χ0v) is 37.3. The summed E-state index contributed by atoms with van der Waals surface area (Å²) in [5.41, 5.74) is 16.2. The van der Waals surface area contributed by atoms with Gasteiger partial charge in [0.05, 0.1) is 11.0 Å². The van der Waals surface area contributed by atoms with E-state index in [0.717, 1.165) is 129 Å². The minimum absolute atomic E-state index is 0.539. The summed E-state index contributed by atoms with van der Waals surface area (Å²) in [5, 5.41) is 6.62. The highest BCUT2D eigenvalue weighted by molar-refractivity contribution is 6.16. The van der Waals surface area contributed by atoms with Crippen molar-refractivity contribution < 1.29 is 8.83 Å². The number of benzene rings is 8. The van der Waals surface area contributed by atoms with Crippen molar-refractivity contribution in [2.45, 2.75) is 12.8 Å². The first-order valence-corrected chi connectivity index (χ1v) is 23.5. The summed E-state index contributed by atoms with van der Waals surface area (Å²) in [6.45, 7) is 0. The highest BCUT2D eigenvalue weighted by Crippen LogP contribution is 2.43. The monoisotopic (exact) mass is 884 g/mol. The summed E-state index contributed by atoms with van der Waals surface area (Å²) >= 11 is 0. The molecule has 12 aromatic rings. The van der Waals surface area contributed by atoms with Gasteiger partial charge in [0.1, 0.15) is 22.3 Å². The fraction of sp³-hybridized carbons (Fsp3) is 0.0317. The number of furan rings is 2. The van der Waals surface area contributed by atoms with Crippen LogP contribution in [0, 0.1) is 0 Å². The molecule has 2 aliphatic rings. The van der Waals surface area contributed by atoms with Crippen LogP contribution < -0.4 is 0 Å².